The lowest BCUT2D eigenvalue weighted by molar-refractivity contribution is 0.0857. The summed E-state index contributed by atoms with van der Waals surface area (Å²) in [7, 11) is 0. The summed E-state index contributed by atoms with van der Waals surface area (Å²) in [5.74, 6) is -0.0729. The maximum absolute atomic E-state index is 12.5. The first kappa shape index (κ1) is 15.7. The zero-order chi connectivity index (χ0) is 16.2. The maximum Gasteiger partial charge on any atom is 0.254 e. The van der Waals surface area contributed by atoms with Gasteiger partial charge in [0.2, 0.25) is 0 Å². The summed E-state index contributed by atoms with van der Waals surface area (Å²) in [6.07, 6.45) is 4.65. The Bertz CT molecular complexity index is 687. The molecule has 2 heterocycles. The third-order valence-electron chi connectivity index (χ3n) is 4.21. The molecule has 1 aromatic carbocycles. The molecule has 1 atom stereocenters. The van der Waals surface area contributed by atoms with Crippen LogP contribution in [0.4, 0.5) is 0 Å². The molecule has 0 spiro atoms. The third-order valence-corrected chi connectivity index (χ3v) is 4.21. The van der Waals surface area contributed by atoms with Gasteiger partial charge in [0.1, 0.15) is 0 Å². The number of aryl methyl sites for hydroxylation is 1. The average Bonchev–Trinajstić information content (AvgIpc) is 3.21. The van der Waals surface area contributed by atoms with E-state index in [1.54, 1.807) is 6.20 Å². The van der Waals surface area contributed by atoms with Gasteiger partial charge in [0.25, 0.3) is 5.91 Å². The van der Waals surface area contributed by atoms with E-state index in [-0.39, 0.29) is 12.0 Å². The molecular formula is C18H23N3O2. The minimum Gasteiger partial charge on any atom is -0.376 e. The quantitative estimate of drug-likeness (QED) is 0.923. The standard InChI is InChI=1S/C18H23N3O2/c1-3-17-16(18(22)19-11-15-8-5-9-23-15)12-20-21(17)14-7-4-6-13(2)10-14/h4,6-7,10,12,15H,3,5,8-9,11H2,1-2H3,(H,19,22)/t15-/m1/s1. The monoisotopic (exact) mass is 313 g/mol. The molecule has 1 aliphatic rings. The van der Waals surface area contributed by atoms with Gasteiger partial charge in [0.05, 0.1) is 29.2 Å². The molecule has 1 aliphatic heterocycles. The second-order valence-electron chi connectivity index (χ2n) is 5.95. The van der Waals surface area contributed by atoms with Crippen LogP contribution >= 0.6 is 0 Å². The van der Waals surface area contributed by atoms with Crippen molar-refractivity contribution in [3.8, 4) is 5.69 Å². The molecule has 23 heavy (non-hydrogen) atoms. The third kappa shape index (κ3) is 3.45. The highest BCUT2D eigenvalue weighted by Gasteiger charge is 2.20. The van der Waals surface area contributed by atoms with E-state index in [0.717, 1.165) is 37.3 Å². The topological polar surface area (TPSA) is 56.1 Å². The van der Waals surface area contributed by atoms with Gasteiger partial charge in [-0.15, -0.1) is 0 Å². The Kier molecular flexibility index (Phi) is 4.76. The van der Waals surface area contributed by atoms with E-state index in [4.69, 9.17) is 4.74 Å². The van der Waals surface area contributed by atoms with E-state index >= 15 is 0 Å². The number of carbonyl (C=O) groups excluding carboxylic acids is 1. The molecule has 122 valence electrons. The lowest BCUT2D eigenvalue weighted by Crippen LogP contribution is -2.32. The number of nitrogens with zero attached hydrogens (tertiary/aromatic N) is 2. The summed E-state index contributed by atoms with van der Waals surface area (Å²) in [6.45, 7) is 5.46. The number of hydrogen-bond donors (Lipinski definition) is 1. The summed E-state index contributed by atoms with van der Waals surface area (Å²) in [5, 5.41) is 7.40. The molecule has 0 radical (unpaired) electrons. The van der Waals surface area contributed by atoms with Crippen molar-refractivity contribution in [2.45, 2.75) is 39.2 Å². The summed E-state index contributed by atoms with van der Waals surface area (Å²) >= 11 is 0. The maximum atomic E-state index is 12.5. The Labute approximate surface area is 136 Å². The summed E-state index contributed by atoms with van der Waals surface area (Å²) in [6, 6.07) is 8.13. The Morgan fingerprint density at radius 1 is 1.48 bits per heavy atom. The van der Waals surface area contributed by atoms with E-state index in [9.17, 15) is 4.79 Å². The van der Waals surface area contributed by atoms with Gasteiger partial charge in [0, 0.05) is 13.2 Å². The zero-order valence-electron chi connectivity index (χ0n) is 13.7. The fourth-order valence-corrected chi connectivity index (χ4v) is 2.99. The van der Waals surface area contributed by atoms with Crippen LogP contribution in [0.3, 0.4) is 0 Å². The van der Waals surface area contributed by atoms with Crippen LogP contribution in [0, 0.1) is 6.92 Å². The van der Waals surface area contributed by atoms with Gasteiger partial charge in [-0.1, -0.05) is 19.1 Å². The van der Waals surface area contributed by atoms with E-state index in [0.29, 0.717) is 12.1 Å². The van der Waals surface area contributed by atoms with E-state index in [1.807, 2.05) is 36.7 Å². The van der Waals surface area contributed by atoms with Crippen molar-refractivity contribution in [3.05, 3.63) is 47.3 Å². The second-order valence-corrected chi connectivity index (χ2v) is 5.95. The van der Waals surface area contributed by atoms with Crippen molar-refractivity contribution in [1.29, 1.82) is 0 Å². The molecule has 1 aromatic heterocycles. The van der Waals surface area contributed by atoms with Crippen LogP contribution in [0.5, 0.6) is 0 Å². The molecule has 1 saturated heterocycles. The van der Waals surface area contributed by atoms with Gasteiger partial charge in [-0.2, -0.15) is 5.10 Å². The van der Waals surface area contributed by atoms with Crippen molar-refractivity contribution < 1.29 is 9.53 Å². The molecule has 1 N–H and O–H groups in total. The zero-order valence-corrected chi connectivity index (χ0v) is 13.7. The van der Waals surface area contributed by atoms with Crippen LogP contribution in [0.1, 0.15) is 41.4 Å². The minimum absolute atomic E-state index is 0.0729. The van der Waals surface area contributed by atoms with Gasteiger partial charge in [-0.25, -0.2) is 4.68 Å². The molecule has 1 amide bonds. The van der Waals surface area contributed by atoms with Crippen molar-refractivity contribution in [2.75, 3.05) is 13.2 Å². The Morgan fingerprint density at radius 3 is 3.04 bits per heavy atom. The molecule has 5 heteroatoms. The van der Waals surface area contributed by atoms with Crippen molar-refractivity contribution in [3.63, 3.8) is 0 Å². The number of carbonyl (C=O) groups is 1. The normalized spacial score (nSPS) is 17.4. The van der Waals surface area contributed by atoms with Gasteiger partial charge in [0.15, 0.2) is 0 Å². The molecule has 3 rings (SSSR count). The number of aromatic nitrogens is 2. The van der Waals surface area contributed by atoms with Crippen LogP contribution in [0.2, 0.25) is 0 Å². The summed E-state index contributed by atoms with van der Waals surface area (Å²) in [5.41, 5.74) is 3.73. The molecule has 1 fully saturated rings. The van der Waals surface area contributed by atoms with Gasteiger partial charge < -0.3 is 10.1 Å². The lowest BCUT2D eigenvalue weighted by Gasteiger charge is -2.11. The number of benzene rings is 1. The van der Waals surface area contributed by atoms with Gasteiger partial charge in [-0.05, 0) is 43.9 Å². The number of hydrogen-bond acceptors (Lipinski definition) is 3. The van der Waals surface area contributed by atoms with Crippen LogP contribution in [-0.4, -0.2) is 34.9 Å². The Hall–Kier alpha value is -2.14. The van der Waals surface area contributed by atoms with Crippen LogP contribution < -0.4 is 5.32 Å². The highest BCUT2D eigenvalue weighted by molar-refractivity contribution is 5.95. The first-order valence-corrected chi connectivity index (χ1v) is 8.22. The van der Waals surface area contributed by atoms with Crippen molar-refractivity contribution in [2.24, 2.45) is 0 Å². The number of nitrogens with one attached hydrogen (secondary N) is 1. The largest absolute Gasteiger partial charge is 0.376 e. The van der Waals surface area contributed by atoms with Gasteiger partial charge >= 0.3 is 0 Å². The van der Waals surface area contributed by atoms with Crippen molar-refractivity contribution in [1.82, 2.24) is 15.1 Å². The predicted octanol–water partition coefficient (Wildman–Crippen LogP) is 2.65. The fourth-order valence-electron chi connectivity index (χ4n) is 2.99. The first-order valence-electron chi connectivity index (χ1n) is 8.22. The number of amides is 1. The van der Waals surface area contributed by atoms with Crippen LogP contribution in [0.25, 0.3) is 5.69 Å². The molecule has 2 aromatic rings. The van der Waals surface area contributed by atoms with Gasteiger partial charge in [-0.3, -0.25) is 4.79 Å². The number of ether oxygens (including phenoxy) is 1. The molecule has 0 saturated carbocycles. The number of rotatable bonds is 5. The fraction of sp³-hybridized carbons (Fsp3) is 0.444. The average molecular weight is 313 g/mol. The summed E-state index contributed by atoms with van der Waals surface area (Å²) < 4.78 is 7.40. The molecule has 5 nitrogen and oxygen atoms in total. The SMILES string of the molecule is CCc1c(C(=O)NC[C@H]2CCCO2)cnn1-c1cccc(C)c1. The van der Waals surface area contributed by atoms with Crippen LogP contribution in [0.15, 0.2) is 30.5 Å². The highest BCUT2D eigenvalue weighted by Crippen LogP contribution is 2.17. The smallest absolute Gasteiger partial charge is 0.254 e. The Morgan fingerprint density at radius 2 is 2.35 bits per heavy atom. The molecule has 0 unspecified atom stereocenters. The second kappa shape index (κ2) is 6.96. The Balaban J connectivity index is 1.78. The molecule has 0 aliphatic carbocycles. The highest BCUT2D eigenvalue weighted by atomic mass is 16.5. The van der Waals surface area contributed by atoms with E-state index in [2.05, 4.69) is 16.5 Å². The van der Waals surface area contributed by atoms with E-state index < -0.39 is 0 Å². The van der Waals surface area contributed by atoms with E-state index in [1.165, 1.54) is 5.56 Å². The van der Waals surface area contributed by atoms with Crippen LogP contribution in [-0.2, 0) is 11.2 Å². The predicted molar refractivity (Wildman–Crippen MR) is 89.0 cm³/mol. The molecular weight excluding hydrogens is 290 g/mol. The van der Waals surface area contributed by atoms with Crippen molar-refractivity contribution >= 4 is 5.91 Å². The molecule has 0 bridgehead atoms. The summed E-state index contributed by atoms with van der Waals surface area (Å²) in [4.78, 5) is 12.5. The lowest BCUT2D eigenvalue weighted by atomic mass is 10.1. The first-order chi connectivity index (χ1) is 11.2. The minimum atomic E-state index is -0.0729.